The Hall–Kier alpha value is -2.29. The summed E-state index contributed by atoms with van der Waals surface area (Å²) in [7, 11) is 0. The number of rotatable bonds is 4. The molecule has 2 aromatic rings. The summed E-state index contributed by atoms with van der Waals surface area (Å²) in [5.41, 5.74) is 14.5. The summed E-state index contributed by atoms with van der Waals surface area (Å²) in [5, 5.41) is 0. The van der Waals surface area contributed by atoms with E-state index >= 15 is 0 Å². The van der Waals surface area contributed by atoms with Crippen LogP contribution in [0, 0.1) is 0 Å². The van der Waals surface area contributed by atoms with Crippen molar-refractivity contribution in [1.82, 2.24) is 0 Å². The van der Waals surface area contributed by atoms with Crippen LogP contribution in [-0.2, 0) is 6.42 Å². The largest absolute Gasteiger partial charge is 0.399 e. The van der Waals surface area contributed by atoms with Crippen molar-refractivity contribution < 1.29 is 4.79 Å². The second-order valence-electron chi connectivity index (χ2n) is 4.29. The number of aryl methyl sites for hydroxylation is 1. The smallest absolute Gasteiger partial charge is 0.163 e. The monoisotopic (exact) mass is 240 g/mol. The van der Waals surface area contributed by atoms with Crippen LogP contribution in [0.2, 0.25) is 0 Å². The average molecular weight is 240 g/mol. The summed E-state index contributed by atoms with van der Waals surface area (Å²) in [5.74, 6) is 0.123. The van der Waals surface area contributed by atoms with Crippen molar-refractivity contribution >= 4 is 17.2 Å². The minimum Gasteiger partial charge on any atom is -0.399 e. The Morgan fingerprint density at radius 1 is 0.944 bits per heavy atom. The fraction of sp³-hybridized carbons (Fsp3) is 0.133. The van der Waals surface area contributed by atoms with Crippen LogP contribution < -0.4 is 11.5 Å². The third kappa shape index (κ3) is 3.10. The highest BCUT2D eigenvalue weighted by atomic mass is 16.1. The fourth-order valence-electron chi connectivity index (χ4n) is 1.82. The molecule has 0 aliphatic rings. The van der Waals surface area contributed by atoms with Crippen LogP contribution in [0.15, 0.2) is 48.5 Å². The molecular formula is C15H16N2O. The van der Waals surface area contributed by atoms with E-state index in [1.807, 2.05) is 24.3 Å². The van der Waals surface area contributed by atoms with Crippen LogP contribution in [-0.4, -0.2) is 5.78 Å². The zero-order valence-electron chi connectivity index (χ0n) is 10.1. The van der Waals surface area contributed by atoms with Gasteiger partial charge in [-0.25, -0.2) is 0 Å². The van der Waals surface area contributed by atoms with Crippen LogP contribution in [0.25, 0.3) is 0 Å². The molecule has 0 radical (unpaired) electrons. The molecule has 0 spiro atoms. The highest BCUT2D eigenvalue weighted by molar-refractivity contribution is 5.96. The molecule has 0 unspecified atom stereocenters. The van der Waals surface area contributed by atoms with Crippen LogP contribution in [0.4, 0.5) is 11.4 Å². The highest BCUT2D eigenvalue weighted by Crippen LogP contribution is 2.12. The van der Waals surface area contributed by atoms with Crippen molar-refractivity contribution in [2.45, 2.75) is 12.8 Å². The first-order chi connectivity index (χ1) is 8.65. The number of hydrogen-bond donors (Lipinski definition) is 2. The second kappa shape index (κ2) is 5.36. The maximum Gasteiger partial charge on any atom is 0.163 e. The molecular weight excluding hydrogens is 224 g/mol. The summed E-state index contributed by atoms with van der Waals surface area (Å²) in [6, 6.07) is 14.6. The molecule has 4 N–H and O–H groups in total. The molecule has 0 fully saturated rings. The number of carbonyl (C=O) groups excluding carboxylic acids is 1. The summed E-state index contributed by atoms with van der Waals surface area (Å²) >= 11 is 0. The highest BCUT2D eigenvalue weighted by Gasteiger charge is 2.05. The van der Waals surface area contributed by atoms with E-state index in [0.717, 1.165) is 11.3 Å². The Labute approximate surface area is 106 Å². The standard InChI is InChI=1S/C15H16N2O/c16-13-7-5-12(6-8-13)15(18)9-4-11-2-1-3-14(17)10-11/h1-3,5-8,10H,4,9,16-17H2. The molecule has 0 saturated carbocycles. The van der Waals surface area contributed by atoms with Gasteiger partial charge in [-0.2, -0.15) is 0 Å². The minimum atomic E-state index is 0.123. The molecule has 3 nitrogen and oxygen atoms in total. The SMILES string of the molecule is Nc1ccc(C(=O)CCc2cccc(N)c2)cc1. The Morgan fingerprint density at radius 2 is 1.67 bits per heavy atom. The summed E-state index contributed by atoms with van der Waals surface area (Å²) in [6.07, 6.45) is 1.18. The van der Waals surface area contributed by atoms with Crippen LogP contribution in [0.5, 0.6) is 0 Å². The number of hydrogen-bond acceptors (Lipinski definition) is 3. The third-order valence-electron chi connectivity index (χ3n) is 2.82. The van der Waals surface area contributed by atoms with Crippen LogP contribution in [0.3, 0.4) is 0 Å². The number of ketones is 1. The van der Waals surface area contributed by atoms with Crippen molar-refractivity contribution in [2.24, 2.45) is 0 Å². The van der Waals surface area contributed by atoms with Crippen molar-refractivity contribution in [3.8, 4) is 0 Å². The van der Waals surface area contributed by atoms with Gasteiger partial charge in [-0.05, 0) is 48.4 Å². The van der Waals surface area contributed by atoms with Gasteiger partial charge in [0, 0.05) is 23.4 Å². The maximum absolute atomic E-state index is 11.9. The van der Waals surface area contributed by atoms with Gasteiger partial charge in [-0.1, -0.05) is 12.1 Å². The zero-order chi connectivity index (χ0) is 13.0. The van der Waals surface area contributed by atoms with Crippen molar-refractivity contribution in [2.75, 3.05) is 11.5 Å². The first-order valence-corrected chi connectivity index (χ1v) is 5.88. The first kappa shape index (κ1) is 12.2. The molecule has 0 atom stereocenters. The van der Waals surface area contributed by atoms with Gasteiger partial charge >= 0.3 is 0 Å². The van der Waals surface area contributed by atoms with Crippen molar-refractivity contribution in [1.29, 1.82) is 0 Å². The van der Waals surface area contributed by atoms with E-state index < -0.39 is 0 Å². The van der Waals surface area contributed by atoms with E-state index in [1.165, 1.54) is 0 Å². The lowest BCUT2D eigenvalue weighted by molar-refractivity contribution is 0.0983. The number of nitrogen functional groups attached to an aromatic ring is 2. The molecule has 3 heteroatoms. The van der Waals surface area contributed by atoms with Crippen molar-refractivity contribution in [3.05, 3.63) is 59.7 Å². The van der Waals surface area contributed by atoms with E-state index in [2.05, 4.69) is 0 Å². The predicted molar refractivity (Wildman–Crippen MR) is 74.4 cm³/mol. The first-order valence-electron chi connectivity index (χ1n) is 5.88. The number of Topliss-reactive ketones (excluding diaryl/α,β-unsaturated/α-hetero) is 1. The Balaban J connectivity index is 1.98. The van der Waals surface area contributed by atoms with E-state index in [9.17, 15) is 4.79 Å². The Morgan fingerprint density at radius 3 is 2.33 bits per heavy atom. The minimum absolute atomic E-state index is 0.123. The lowest BCUT2D eigenvalue weighted by atomic mass is 10.0. The van der Waals surface area contributed by atoms with Gasteiger partial charge in [0.15, 0.2) is 5.78 Å². The summed E-state index contributed by atoms with van der Waals surface area (Å²) in [4.78, 5) is 11.9. The van der Waals surface area contributed by atoms with Gasteiger partial charge < -0.3 is 11.5 Å². The molecule has 0 aromatic heterocycles. The molecule has 0 amide bonds. The molecule has 92 valence electrons. The number of anilines is 2. The van der Waals surface area contributed by atoms with E-state index in [1.54, 1.807) is 24.3 Å². The lowest BCUT2D eigenvalue weighted by Gasteiger charge is -2.03. The topological polar surface area (TPSA) is 69.1 Å². The van der Waals surface area contributed by atoms with Crippen LogP contribution in [0.1, 0.15) is 22.3 Å². The Bertz CT molecular complexity index is 547. The summed E-state index contributed by atoms with van der Waals surface area (Å²) in [6.45, 7) is 0. The van der Waals surface area contributed by atoms with Gasteiger partial charge in [0.2, 0.25) is 0 Å². The quantitative estimate of drug-likeness (QED) is 0.637. The Kier molecular flexibility index (Phi) is 3.63. The van der Waals surface area contributed by atoms with Gasteiger partial charge in [-0.15, -0.1) is 0 Å². The average Bonchev–Trinajstić information content (AvgIpc) is 2.37. The molecule has 18 heavy (non-hydrogen) atoms. The summed E-state index contributed by atoms with van der Waals surface area (Å²) < 4.78 is 0. The van der Waals surface area contributed by atoms with Gasteiger partial charge in [0.1, 0.15) is 0 Å². The molecule has 0 bridgehead atoms. The van der Waals surface area contributed by atoms with Gasteiger partial charge in [0.05, 0.1) is 0 Å². The molecule has 2 rings (SSSR count). The lowest BCUT2D eigenvalue weighted by Crippen LogP contribution is -2.01. The predicted octanol–water partition coefficient (Wildman–Crippen LogP) is 2.67. The zero-order valence-corrected chi connectivity index (χ0v) is 10.1. The molecule has 0 heterocycles. The molecule has 2 aromatic carbocycles. The number of carbonyl (C=O) groups is 1. The van der Waals surface area contributed by atoms with E-state index in [-0.39, 0.29) is 5.78 Å². The van der Waals surface area contributed by atoms with Crippen molar-refractivity contribution in [3.63, 3.8) is 0 Å². The second-order valence-corrected chi connectivity index (χ2v) is 4.29. The maximum atomic E-state index is 11.9. The number of nitrogens with two attached hydrogens (primary N) is 2. The number of benzene rings is 2. The normalized spacial score (nSPS) is 10.2. The van der Waals surface area contributed by atoms with Gasteiger partial charge in [0.25, 0.3) is 0 Å². The van der Waals surface area contributed by atoms with Crippen LogP contribution >= 0.6 is 0 Å². The van der Waals surface area contributed by atoms with E-state index in [4.69, 9.17) is 11.5 Å². The van der Waals surface area contributed by atoms with E-state index in [0.29, 0.717) is 24.1 Å². The fourth-order valence-corrected chi connectivity index (χ4v) is 1.82. The van der Waals surface area contributed by atoms with Gasteiger partial charge in [-0.3, -0.25) is 4.79 Å². The molecule has 0 saturated heterocycles. The third-order valence-corrected chi connectivity index (χ3v) is 2.82. The molecule has 0 aliphatic heterocycles. The molecule has 0 aliphatic carbocycles.